The number of pyridine rings is 1. The third-order valence-electron chi connectivity index (χ3n) is 5.66. The van der Waals surface area contributed by atoms with Crippen molar-refractivity contribution >= 4 is 5.91 Å². The number of fused-ring (bicyclic) bond motifs is 1. The lowest BCUT2D eigenvalue weighted by atomic mass is 9.79. The first-order chi connectivity index (χ1) is 12.6. The van der Waals surface area contributed by atoms with Gasteiger partial charge in [-0.05, 0) is 37.8 Å². The van der Waals surface area contributed by atoms with Crippen molar-refractivity contribution in [2.45, 2.75) is 43.4 Å². The van der Waals surface area contributed by atoms with E-state index >= 15 is 0 Å². The monoisotopic (exact) mass is 354 g/mol. The zero-order valence-electron chi connectivity index (χ0n) is 14.7. The van der Waals surface area contributed by atoms with Crippen molar-refractivity contribution in [3.63, 3.8) is 0 Å². The van der Waals surface area contributed by atoms with Crippen molar-refractivity contribution in [1.82, 2.24) is 19.9 Å². The van der Waals surface area contributed by atoms with Crippen LogP contribution in [0.25, 0.3) is 11.4 Å². The highest BCUT2D eigenvalue weighted by atomic mass is 16.5. The van der Waals surface area contributed by atoms with Gasteiger partial charge in [-0.25, -0.2) is 9.97 Å². The van der Waals surface area contributed by atoms with E-state index in [1.807, 2.05) is 17.0 Å². The van der Waals surface area contributed by atoms with Gasteiger partial charge in [0.1, 0.15) is 0 Å². The van der Waals surface area contributed by atoms with E-state index in [0.29, 0.717) is 24.4 Å². The van der Waals surface area contributed by atoms with Crippen molar-refractivity contribution in [2.75, 3.05) is 13.7 Å². The second-order valence-electron chi connectivity index (χ2n) is 6.99. The summed E-state index contributed by atoms with van der Waals surface area (Å²) < 4.78 is 5.80. The van der Waals surface area contributed by atoms with Crippen LogP contribution in [0, 0.1) is 0 Å². The summed E-state index contributed by atoms with van der Waals surface area (Å²) in [6.45, 7) is 0.621. The van der Waals surface area contributed by atoms with Gasteiger partial charge in [-0.15, -0.1) is 0 Å². The first-order valence-electron chi connectivity index (χ1n) is 8.89. The van der Waals surface area contributed by atoms with Crippen molar-refractivity contribution in [3.8, 4) is 11.4 Å². The summed E-state index contributed by atoms with van der Waals surface area (Å²) in [5.41, 5.74) is 0.968. The van der Waals surface area contributed by atoms with Gasteiger partial charge in [-0.1, -0.05) is 0 Å². The molecule has 7 heteroatoms. The number of nitrogens with zero attached hydrogens (tertiary/aromatic N) is 4. The van der Waals surface area contributed by atoms with E-state index in [4.69, 9.17) is 4.74 Å². The van der Waals surface area contributed by atoms with E-state index < -0.39 is 0 Å². The summed E-state index contributed by atoms with van der Waals surface area (Å²) in [5.74, 6) is 0.453. The number of likely N-dealkylation sites (tertiary alicyclic amines) is 1. The number of amides is 1. The maximum absolute atomic E-state index is 13.0. The number of aliphatic hydroxyl groups excluding tert-OH is 1. The number of carbonyl (C=O) groups excluding carboxylic acids is 1. The van der Waals surface area contributed by atoms with Gasteiger partial charge in [0.15, 0.2) is 5.82 Å². The maximum atomic E-state index is 13.0. The zero-order chi connectivity index (χ0) is 18.1. The number of aliphatic hydroxyl groups is 1. The molecule has 1 aliphatic carbocycles. The Balaban J connectivity index is 1.56. The SMILES string of the molecule is CO[C@@]12CC[C@H](O)C[C@@H]1N(C(=O)c1cnc(-c3ccncc3)nc1)CC2. The molecule has 136 valence electrons. The van der Waals surface area contributed by atoms with Crippen LogP contribution < -0.4 is 0 Å². The highest BCUT2D eigenvalue weighted by Crippen LogP contribution is 2.42. The number of hydrogen-bond acceptors (Lipinski definition) is 6. The van der Waals surface area contributed by atoms with Crippen LogP contribution >= 0.6 is 0 Å². The molecule has 2 aromatic heterocycles. The second-order valence-corrected chi connectivity index (χ2v) is 6.99. The third-order valence-corrected chi connectivity index (χ3v) is 5.66. The molecule has 1 saturated carbocycles. The molecule has 1 N–H and O–H groups in total. The van der Waals surface area contributed by atoms with Crippen LogP contribution in [-0.4, -0.2) is 62.3 Å². The van der Waals surface area contributed by atoms with Gasteiger partial charge >= 0.3 is 0 Å². The summed E-state index contributed by atoms with van der Waals surface area (Å²) in [4.78, 5) is 27.5. The Hall–Kier alpha value is -2.38. The largest absolute Gasteiger partial charge is 0.393 e. The molecule has 4 rings (SSSR count). The van der Waals surface area contributed by atoms with Crippen LogP contribution in [0.2, 0.25) is 0 Å². The molecule has 1 aliphatic heterocycles. The van der Waals surface area contributed by atoms with Crippen molar-refractivity contribution in [3.05, 3.63) is 42.5 Å². The fraction of sp³-hybridized carbons (Fsp3) is 0.474. The molecule has 0 radical (unpaired) electrons. The van der Waals surface area contributed by atoms with Gasteiger partial charge in [-0.2, -0.15) is 0 Å². The standard InChI is InChI=1S/C19H22N4O3/c1-26-19-5-2-15(24)10-16(19)23(9-6-19)18(25)14-11-21-17(22-12-14)13-3-7-20-8-4-13/h3-4,7-8,11-12,15-16,24H,2,5-6,9-10H2,1H3/t15-,16-,19+/m0/s1. The fourth-order valence-electron chi connectivity index (χ4n) is 4.17. The molecular formula is C19H22N4O3. The summed E-state index contributed by atoms with van der Waals surface area (Å²) in [5, 5.41) is 10.1. The highest BCUT2D eigenvalue weighted by Gasteiger charge is 2.52. The Kier molecular flexibility index (Phi) is 4.42. The molecule has 1 amide bonds. The molecule has 2 fully saturated rings. The Bertz CT molecular complexity index is 783. The van der Waals surface area contributed by atoms with Crippen LogP contribution in [-0.2, 0) is 4.74 Å². The van der Waals surface area contributed by atoms with Crippen LogP contribution in [0.1, 0.15) is 36.0 Å². The molecule has 3 heterocycles. The lowest BCUT2D eigenvalue weighted by Gasteiger charge is -2.42. The summed E-state index contributed by atoms with van der Waals surface area (Å²) in [6, 6.07) is 3.55. The Morgan fingerprint density at radius 2 is 2.00 bits per heavy atom. The number of rotatable bonds is 3. The average molecular weight is 354 g/mol. The number of methoxy groups -OCH3 is 1. The second kappa shape index (κ2) is 6.74. The van der Waals surface area contributed by atoms with E-state index in [2.05, 4.69) is 15.0 Å². The van der Waals surface area contributed by atoms with Crippen molar-refractivity contribution in [1.29, 1.82) is 0 Å². The Morgan fingerprint density at radius 3 is 2.69 bits per heavy atom. The zero-order valence-corrected chi connectivity index (χ0v) is 14.7. The highest BCUT2D eigenvalue weighted by molar-refractivity contribution is 5.94. The van der Waals surface area contributed by atoms with Crippen molar-refractivity contribution < 1.29 is 14.6 Å². The number of carbonyl (C=O) groups is 1. The smallest absolute Gasteiger partial charge is 0.257 e. The number of hydrogen-bond donors (Lipinski definition) is 1. The first-order valence-corrected chi connectivity index (χ1v) is 8.89. The molecule has 2 aromatic rings. The Morgan fingerprint density at radius 1 is 1.27 bits per heavy atom. The molecule has 0 aromatic carbocycles. The van der Waals surface area contributed by atoms with E-state index in [9.17, 15) is 9.90 Å². The number of aromatic nitrogens is 3. The lowest BCUT2D eigenvalue weighted by molar-refractivity contribution is -0.0824. The lowest BCUT2D eigenvalue weighted by Crippen LogP contribution is -2.52. The van der Waals surface area contributed by atoms with E-state index in [1.54, 1.807) is 31.9 Å². The molecule has 0 bridgehead atoms. The molecule has 2 aliphatic rings. The summed E-state index contributed by atoms with van der Waals surface area (Å²) in [7, 11) is 1.70. The predicted molar refractivity (Wildman–Crippen MR) is 94.3 cm³/mol. The topological polar surface area (TPSA) is 88.4 Å². The van der Waals surface area contributed by atoms with Crippen LogP contribution in [0.4, 0.5) is 0 Å². The molecular weight excluding hydrogens is 332 g/mol. The van der Waals surface area contributed by atoms with Gasteiger partial charge in [0.2, 0.25) is 0 Å². The molecule has 0 unspecified atom stereocenters. The van der Waals surface area contributed by atoms with E-state index in [-0.39, 0.29) is 23.7 Å². The minimum atomic E-state index is -0.387. The molecule has 1 saturated heterocycles. The quantitative estimate of drug-likeness (QED) is 0.902. The van der Waals surface area contributed by atoms with Crippen LogP contribution in [0.15, 0.2) is 36.9 Å². The summed E-state index contributed by atoms with van der Waals surface area (Å²) in [6.07, 6.45) is 8.95. The predicted octanol–water partition coefficient (Wildman–Crippen LogP) is 1.68. The van der Waals surface area contributed by atoms with E-state index in [0.717, 1.165) is 24.8 Å². The normalized spacial score (nSPS) is 28.0. The molecule has 7 nitrogen and oxygen atoms in total. The Labute approximate surface area is 152 Å². The molecule has 3 atom stereocenters. The van der Waals surface area contributed by atoms with Gasteiger partial charge < -0.3 is 14.7 Å². The molecule has 26 heavy (non-hydrogen) atoms. The van der Waals surface area contributed by atoms with Gasteiger partial charge in [0.25, 0.3) is 5.91 Å². The minimum Gasteiger partial charge on any atom is -0.393 e. The number of ether oxygens (including phenoxy) is 1. The third kappa shape index (κ3) is 2.87. The van der Waals surface area contributed by atoms with E-state index in [1.165, 1.54) is 0 Å². The van der Waals surface area contributed by atoms with Crippen LogP contribution in [0.3, 0.4) is 0 Å². The van der Waals surface area contributed by atoms with Crippen molar-refractivity contribution in [2.24, 2.45) is 0 Å². The summed E-state index contributed by atoms with van der Waals surface area (Å²) >= 11 is 0. The van der Waals surface area contributed by atoms with Gasteiger partial charge in [0.05, 0.1) is 23.3 Å². The molecule has 0 spiro atoms. The minimum absolute atomic E-state index is 0.107. The van der Waals surface area contributed by atoms with Crippen LogP contribution in [0.5, 0.6) is 0 Å². The first kappa shape index (κ1) is 17.1. The fourth-order valence-corrected chi connectivity index (χ4v) is 4.17. The maximum Gasteiger partial charge on any atom is 0.257 e. The average Bonchev–Trinajstić information content (AvgIpc) is 3.07. The van der Waals surface area contributed by atoms with Gasteiger partial charge in [0, 0.05) is 44.0 Å². The van der Waals surface area contributed by atoms with Gasteiger partial charge in [-0.3, -0.25) is 9.78 Å².